The molecule has 1 rings (SSSR count). The number of hydrogen-bond donors (Lipinski definition) is 2. The fraction of sp³-hybridized carbons (Fsp3) is 0.333. The van der Waals surface area contributed by atoms with Gasteiger partial charge in [0.1, 0.15) is 17.3 Å². The molecule has 1 aromatic rings. The first-order valence-electron chi connectivity index (χ1n) is 4.73. The largest absolute Gasteiger partial charge is 0.480 e. The summed E-state index contributed by atoms with van der Waals surface area (Å²) in [6.07, 6.45) is 0. The van der Waals surface area contributed by atoms with E-state index in [4.69, 9.17) is 10.2 Å². The predicted octanol–water partition coefficient (Wildman–Crippen LogP) is 0.216. The highest BCUT2D eigenvalue weighted by molar-refractivity contribution is 7.91. The Hall–Kier alpha value is -1.45. The van der Waals surface area contributed by atoms with Crippen LogP contribution in [0.2, 0.25) is 0 Å². The number of rotatable bonds is 6. The molecule has 0 saturated heterocycles. The van der Waals surface area contributed by atoms with Gasteiger partial charge in [0.25, 0.3) is 10.0 Å². The molecule has 2 N–H and O–H groups in total. The van der Waals surface area contributed by atoms with Crippen molar-refractivity contribution in [1.82, 2.24) is 4.31 Å². The minimum Gasteiger partial charge on any atom is -0.480 e. The fourth-order valence-electron chi connectivity index (χ4n) is 1.21. The number of carboxylic acids is 2. The predicted molar refractivity (Wildman–Crippen MR) is 63.1 cm³/mol. The molecule has 0 aliphatic carbocycles. The van der Waals surface area contributed by atoms with E-state index in [0.717, 1.165) is 16.2 Å². The molecule has 0 atom stereocenters. The Kier molecular flexibility index (Phi) is 4.43. The van der Waals surface area contributed by atoms with Crippen LogP contribution in [0.15, 0.2) is 16.3 Å². The van der Waals surface area contributed by atoms with Crippen LogP contribution in [-0.4, -0.2) is 48.0 Å². The molecular weight excluding hydrogens is 282 g/mol. The average Bonchev–Trinajstić information content (AvgIpc) is 2.63. The number of aliphatic carboxylic acids is 2. The van der Waals surface area contributed by atoms with Crippen LogP contribution in [0.5, 0.6) is 0 Å². The van der Waals surface area contributed by atoms with E-state index in [0.29, 0.717) is 4.31 Å². The summed E-state index contributed by atoms with van der Waals surface area (Å²) in [4.78, 5) is 21.9. The molecule has 0 fully saturated rings. The van der Waals surface area contributed by atoms with Gasteiger partial charge in [-0.1, -0.05) is 0 Å². The van der Waals surface area contributed by atoms with Gasteiger partial charge in [-0.05, 0) is 19.1 Å². The van der Waals surface area contributed by atoms with Crippen molar-refractivity contribution in [3.05, 3.63) is 17.0 Å². The average molecular weight is 293 g/mol. The second-order valence-corrected chi connectivity index (χ2v) is 6.88. The Morgan fingerprint density at radius 1 is 1.22 bits per heavy atom. The molecule has 0 unspecified atom stereocenters. The molecule has 1 heterocycles. The third-order valence-electron chi connectivity index (χ3n) is 1.93. The summed E-state index contributed by atoms with van der Waals surface area (Å²) in [6.45, 7) is -0.0699. The van der Waals surface area contributed by atoms with Crippen molar-refractivity contribution in [3.63, 3.8) is 0 Å². The summed E-state index contributed by atoms with van der Waals surface area (Å²) in [5.41, 5.74) is 0. The van der Waals surface area contributed by atoms with Gasteiger partial charge >= 0.3 is 11.9 Å². The Morgan fingerprint density at radius 2 is 1.72 bits per heavy atom. The van der Waals surface area contributed by atoms with E-state index >= 15 is 0 Å². The van der Waals surface area contributed by atoms with Crippen molar-refractivity contribution >= 4 is 33.3 Å². The van der Waals surface area contributed by atoms with Gasteiger partial charge < -0.3 is 10.2 Å². The first kappa shape index (κ1) is 14.6. The molecule has 1 aromatic heterocycles. The number of thiophene rings is 1. The zero-order valence-electron chi connectivity index (χ0n) is 9.36. The lowest BCUT2D eigenvalue weighted by atomic mass is 10.5. The number of hydrogen-bond acceptors (Lipinski definition) is 5. The van der Waals surface area contributed by atoms with Crippen LogP contribution in [0.3, 0.4) is 0 Å². The van der Waals surface area contributed by atoms with Crippen LogP contribution in [0.4, 0.5) is 0 Å². The first-order chi connectivity index (χ1) is 8.23. The Balaban J connectivity index is 3.10. The molecule has 0 aromatic carbocycles. The van der Waals surface area contributed by atoms with Crippen molar-refractivity contribution in [2.45, 2.75) is 11.1 Å². The zero-order chi connectivity index (χ0) is 13.9. The van der Waals surface area contributed by atoms with Gasteiger partial charge in [0.05, 0.1) is 0 Å². The number of carbonyl (C=O) groups is 2. The quantitative estimate of drug-likeness (QED) is 0.775. The number of sulfonamides is 1. The third-order valence-corrected chi connectivity index (χ3v) is 5.19. The molecule has 0 radical (unpaired) electrons. The molecular formula is C9H11NO6S2. The lowest BCUT2D eigenvalue weighted by Crippen LogP contribution is -2.39. The molecule has 0 spiro atoms. The Bertz CT molecular complexity index is 545. The van der Waals surface area contributed by atoms with Crippen molar-refractivity contribution in [2.75, 3.05) is 13.1 Å². The maximum absolute atomic E-state index is 12.0. The van der Waals surface area contributed by atoms with Crippen molar-refractivity contribution in [1.29, 1.82) is 0 Å². The molecule has 0 amide bonds. The standard InChI is InChI=1S/C9H11NO6S2/c1-6-2-3-9(17-6)18(15,16)10(4-7(11)12)5-8(13)14/h2-3H,4-5H2,1H3,(H,11,12)(H,13,14). The fourth-order valence-corrected chi connectivity index (χ4v) is 3.98. The SMILES string of the molecule is Cc1ccc(S(=O)(=O)N(CC(=O)O)CC(=O)O)s1. The number of nitrogens with zero attached hydrogens (tertiary/aromatic N) is 1. The van der Waals surface area contributed by atoms with E-state index in [1.54, 1.807) is 13.0 Å². The van der Waals surface area contributed by atoms with E-state index in [-0.39, 0.29) is 4.21 Å². The zero-order valence-corrected chi connectivity index (χ0v) is 11.0. The van der Waals surface area contributed by atoms with E-state index in [1.165, 1.54) is 6.07 Å². The molecule has 9 heteroatoms. The molecule has 100 valence electrons. The molecule has 0 aliphatic rings. The van der Waals surface area contributed by atoms with Gasteiger partial charge in [-0.3, -0.25) is 9.59 Å². The van der Waals surface area contributed by atoms with Gasteiger partial charge in [0.2, 0.25) is 0 Å². The van der Waals surface area contributed by atoms with Crippen LogP contribution in [0.1, 0.15) is 4.88 Å². The summed E-state index contributed by atoms with van der Waals surface area (Å²) >= 11 is 0.962. The van der Waals surface area contributed by atoms with Crippen LogP contribution in [0, 0.1) is 6.92 Å². The van der Waals surface area contributed by atoms with Gasteiger partial charge in [-0.25, -0.2) is 8.42 Å². The van der Waals surface area contributed by atoms with Crippen molar-refractivity contribution in [3.8, 4) is 0 Å². The lowest BCUT2D eigenvalue weighted by Gasteiger charge is -2.16. The van der Waals surface area contributed by atoms with E-state index in [9.17, 15) is 18.0 Å². The Labute approximate surface area is 107 Å². The van der Waals surface area contributed by atoms with Gasteiger partial charge in [0.15, 0.2) is 0 Å². The van der Waals surface area contributed by atoms with Crippen molar-refractivity contribution in [2.24, 2.45) is 0 Å². The normalized spacial score (nSPS) is 11.7. The van der Waals surface area contributed by atoms with Gasteiger partial charge in [-0.15, -0.1) is 11.3 Å². The highest BCUT2D eigenvalue weighted by Crippen LogP contribution is 2.24. The highest BCUT2D eigenvalue weighted by Gasteiger charge is 2.29. The van der Waals surface area contributed by atoms with Gasteiger partial charge in [-0.2, -0.15) is 4.31 Å². The first-order valence-corrected chi connectivity index (χ1v) is 6.99. The summed E-state index contributed by atoms with van der Waals surface area (Å²) in [5.74, 6) is -2.82. The summed E-state index contributed by atoms with van der Waals surface area (Å²) in [6, 6.07) is 2.89. The van der Waals surface area contributed by atoms with E-state index < -0.39 is 35.1 Å². The number of carboxylic acid groups (broad SMARTS) is 2. The lowest BCUT2D eigenvalue weighted by molar-refractivity contribution is -0.139. The maximum Gasteiger partial charge on any atom is 0.318 e. The molecule has 0 aliphatic heterocycles. The van der Waals surface area contributed by atoms with E-state index in [1.807, 2.05) is 0 Å². The van der Waals surface area contributed by atoms with Crippen LogP contribution in [-0.2, 0) is 19.6 Å². The second kappa shape index (κ2) is 5.46. The van der Waals surface area contributed by atoms with Crippen LogP contribution in [0.25, 0.3) is 0 Å². The highest BCUT2D eigenvalue weighted by atomic mass is 32.2. The molecule has 0 saturated carbocycles. The third kappa shape index (κ3) is 3.52. The molecule has 18 heavy (non-hydrogen) atoms. The summed E-state index contributed by atoms with van der Waals surface area (Å²) in [5, 5.41) is 17.2. The minimum atomic E-state index is -4.08. The second-order valence-electron chi connectivity index (χ2n) is 3.43. The minimum absolute atomic E-state index is 0.0671. The van der Waals surface area contributed by atoms with Crippen molar-refractivity contribution < 1.29 is 28.2 Å². The monoisotopic (exact) mass is 293 g/mol. The van der Waals surface area contributed by atoms with Crippen LogP contribution < -0.4 is 0 Å². The number of aryl methyl sites for hydroxylation is 1. The molecule has 7 nitrogen and oxygen atoms in total. The summed E-state index contributed by atoms with van der Waals surface area (Å²) < 4.78 is 24.4. The maximum atomic E-state index is 12.0. The Morgan fingerprint density at radius 3 is 2.06 bits per heavy atom. The van der Waals surface area contributed by atoms with Gasteiger partial charge in [0, 0.05) is 4.88 Å². The molecule has 0 bridgehead atoms. The van der Waals surface area contributed by atoms with Crippen LogP contribution >= 0.6 is 11.3 Å². The van der Waals surface area contributed by atoms with E-state index in [2.05, 4.69) is 0 Å². The topological polar surface area (TPSA) is 112 Å². The smallest absolute Gasteiger partial charge is 0.318 e. The summed E-state index contributed by atoms with van der Waals surface area (Å²) in [7, 11) is -4.08.